The number of hydrogen-bond acceptors (Lipinski definition) is 4. The Hall–Kier alpha value is -3.41. The van der Waals surface area contributed by atoms with Gasteiger partial charge in [0.1, 0.15) is 5.69 Å². The number of piperazine rings is 1. The highest BCUT2D eigenvalue weighted by Gasteiger charge is 2.25. The zero-order chi connectivity index (χ0) is 20.4. The molecule has 2 heterocycles. The van der Waals surface area contributed by atoms with Crippen molar-refractivity contribution in [3.05, 3.63) is 77.6 Å². The summed E-state index contributed by atoms with van der Waals surface area (Å²) in [7, 11) is 0. The van der Waals surface area contributed by atoms with Crippen LogP contribution in [0, 0.1) is 6.92 Å². The van der Waals surface area contributed by atoms with E-state index in [1.165, 1.54) is 0 Å². The molecule has 0 N–H and O–H groups in total. The lowest BCUT2D eigenvalue weighted by atomic mass is 10.1. The van der Waals surface area contributed by atoms with Crippen LogP contribution in [0.1, 0.15) is 33.5 Å². The van der Waals surface area contributed by atoms with Gasteiger partial charge in [-0.05, 0) is 56.3 Å². The molecule has 1 aromatic heterocycles. The van der Waals surface area contributed by atoms with E-state index in [2.05, 4.69) is 10.00 Å². The molecule has 1 saturated heterocycles. The van der Waals surface area contributed by atoms with E-state index in [9.17, 15) is 9.59 Å². The molecule has 1 aliphatic heterocycles. The van der Waals surface area contributed by atoms with Gasteiger partial charge in [-0.3, -0.25) is 9.59 Å². The minimum atomic E-state index is 0.000954. The lowest BCUT2D eigenvalue weighted by Gasteiger charge is -2.36. The molecule has 4 rings (SSSR count). The summed E-state index contributed by atoms with van der Waals surface area (Å²) in [4.78, 5) is 28.8. The van der Waals surface area contributed by atoms with Crippen molar-refractivity contribution >= 4 is 17.4 Å². The van der Waals surface area contributed by atoms with Crippen LogP contribution in [0.3, 0.4) is 0 Å². The average Bonchev–Trinajstić information content (AvgIpc) is 3.16. The van der Waals surface area contributed by atoms with Crippen LogP contribution < -0.4 is 4.90 Å². The topological polar surface area (TPSA) is 58.4 Å². The molecule has 3 aromatic rings. The normalized spacial score (nSPS) is 14.1. The summed E-state index contributed by atoms with van der Waals surface area (Å²) in [6.07, 6.45) is 0. The first-order valence-electron chi connectivity index (χ1n) is 9.80. The van der Waals surface area contributed by atoms with Crippen LogP contribution in [0.4, 0.5) is 5.69 Å². The van der Waals surface area contributed by atoms with Gasteiger partial charge in [-0.15, -0.1) is 0 Å². The van der Waals surface area contributed by atoms with Gasteiger partial charge in [-0.2, -0.15) is 5.10 Å². The highest BCUT2D eigenvalue weighted by atomic mass is 16.2. The molecule has 6 nitrogen and oxygen atoms in total. The molecular formula is C23H24N4O2. The Labute approximate surface area is 170 Å². The molecular weight excluding hydrogens is 364 g/mol. The van der Waals surface area contributed by atoms with Crippen molar-refractivity contribution in [2.45, 2.75) is 13.8 Å². The number of ketones is 1. The number of nitrogens with zero attached hydrogens (tertiary/aromatic N) is 4. The number of para-hydroxylation sites is 1. The molecule has 0 aliphatic carbocycles. The van der Waals surface area contributed by atoms with Crippen LogP contribution in [-0.4, -0.2) is 52.5 Å². The second-order valence-electron chi connectivity index (χ2n) is 7.30. The van der Waals surface area contributed by atoms with Crippen molar-refractivity contribution in [2.24, 2.45) is 0 Å². The zero-order valence-electron chi connectivity index (χ0n) is 16.7. The average molecular weight is 388 g/mol. The highest BCUT2D eigenvalue weighted by molar-refractivity contribution is 5.94. The fraction of sp³-hybridized carbons (Fsp3) is 0.261. The first-order chi connectivity index (χ1) is 14.0. The maximum atomic E-state index is 13.2. The maximum absolute atomic E-state index is 13.2. The molecule has 1 aliphatic rings. The van der Waals surface area contributed by atoms with Gasteiger partial charge >= 0.3 is 0 Å². The van der Waals surface area contributed by atoms with Gasteiger partial charge in [-0.1, -0.05) is 18.2 Å². The van der Waals surface area contributed by atoms with Crippen LogP contribution >= 0.6 is 0 Å². The Kier molecular flexibility index (Phi) is 5.16. The number of anilines is 1. The number of amides is 1. The fourth-order valence-electron chi connectivity index (χ4n) is 3.65. The molecule has 2 aromatic carbocycles. The minimum Gasteiger partial charge on any atom is -0.368 e. The zero-order valence-corrected chi connectivity index (χ0v) is 16.7. The first-order valence-corrected chi connectivity index (χ1v) is 9.80. The van der Waals surface area contributed by atoms with Gasteiger partial charge in [0.05, 0.1) is 11.4 Å². The van der Waals surface area contributed by atoms with Gasteiger partial charge in [0.2, 0.25) is 0 Å². The van der Waals surface area contributed by atoms with E-state index in [4.69, 9.17) is 0 Å². The largest absolute Gasteiger partial charge is 0.368 e. The number of carbonyl (C=O) groups excluding carboxylic acids is 2. The number of benzene rings is 2. The summed E-state index contributed by atoms with van der Waals surface area (Å²) in [5, 5.41) is 4.51. The number of carbonyl (C=O) groups is 2. The Balaban J connectivity index is 1.47. The standard InChI is InChI=1S/C23H24N4O2/c1-17-16-22(27(24-17)21-6-4-3-5-7-21)23(29)26-14-12-25(13-15-26)20-10-8-19(9-11-20)18(2)28/h3-11,16H,12-15H2,1-2H3. The third-order valence-corrected chi connectivity index (χ3v) is 5.26. The van der Waals surface area contributed by atoms with Crippen molar-refractivity contribution in [2.75, 3.05) is 31.1 Å². The monoisotopic (exact) mass is 388 g/mol. The predicted octanol–water partition coefficient (Wildman–Crippen LogP) is 3.35. The van der Waals surface area contributed by atoms with Crippen LogP contribution in [0.2, 0.25) is 0 Å². The molecule has 0 atom stereocenters. The Morgan fingerprint density at radius 2 is 1.52 bits per heavy atom. The highest BCUT2D eigenvalue weighted by Crippen LogP contribution is 2.20. The molecule has 0 saturated carbocycles. The molecule has 0 radical (unpaired) electrons. The Morgan fingerprint density at radius 1 is 0.862 bits per heavy atom. The van der Waals surface area contributed by atoms with Crippen molar-refractivity contribution < 1.29 is 9.59 Å². The summed E-state index contributed by atoms with van der Waals surface area (Å²) < 4.78 is 1.73. The number of rotatable bonds is 4. The van der Waals surface area contributed by atoms with E-state index < -0.39 is 0 Å². The van der Waals surface area contributed by atoms with E-state index in [-0.39, 0.29) is 11.7 Å². The Morgan fingerprint density at radius 3 is 2.14 bits per heavy atom. The van der Waals surface area contributed by atoms with Gasteiger partial charge in [0.25, 0.3) is 5.91 Å². The number of aromatic nitrogens is 2. The minimum absolute atomic E-state index is 0.000954. The summed E-state index contributed by atoms with van der Waals surface area (Å²) in [6, 6.07) is 19.2. The van der Waals surface area contributed by atoms with Gasteiger partial charge in [-0.25, -0.2) is 4.68 Å². The first kappa shape index (κ1) is 18.9. The van der Waals surface area contributed by atoms with Crippen LogP contribution in [-0.2, 0) is 0 Å². The van der Waals surface area contributed by atoms with E-state index in [0.29, 0.717) is 24.3 Å². The molecule has 0 bridgehead atoms. The van der Waals surface area contributed by atoms with Crippen molar-refractivity contribution in [1.29, 1.82) is 0 Å². The van der Waals surface area contributed by atoms with E-state index >= 15 is 0 Å². The van der Waals surface area contributed by atoms with Gasteiger partial charge < -0.3 is 9.80 Å². The van der Waals surface area contributed by atoms with Crippen LogP contribution in [0.25, 0.3) is 5.69 Å². The second kappa shape index (κ2) is 7.91. The number of Topliss-reactive ketones (excluding diaryl/α,β-unsaturated/α-hetero) is 1. The van der Waals surface area contributed by atoms with Crippen LogP contribution in [0.5, 0.6) is 0 Å². The third kappa shape index (κ3) is 3.92. The Bertz CT molecular complexity index is 1020. The van der Waals surface area contributed by atoms with E-state index in [1.807, 2.05) is 72.5 Å². The van der Waals surface area contributed by atoms with Gasteiger partial charge in [0, 0.05) is 37.4 Å². The second-order valence-corrected chi connectivity index (χ2v) is 7.30. The van der Waals surface area contributed by atoms with E-state index in [0.717, 1.165) is 30.2 Å². The molecule has 148 valence electrons. The van der Waals surface area contributed by atoms with Crippen molar-refractivity contribution in [1.82, 2.24) is 14.7 Å². The summed E-state index contributed by atoms with van der Waals surface area (Å²) in [6.45, 7) is 6.27. The molecule has 0 spiro atoms. The predicted molar refractivity (Wildman–Crippen MR) is 113 cm³/mol. The van der Waals surface area contributed by atoms with Gasteiger partial charge in [0.15, 0.2) is 5.78 Å². The van der Waals surface area contributed by atoms with Crippen LogP contribution in [0.15, 0.2) is 60.7 Å². The summed E-state index contributed by atoms with van der Waals surface area (Å²) in [5.74, 6) is 0.0679. The van der Waals surface area contributed by atoms with E-state index in [1.54, 1.807) is 11.6 Å². The van der Waals surface area contributed by atoms with Crippen molar-refractivity contribution in [3.8, 4) is 5.69 Å². The molecule has 1 amide bonds. The molecule has 29 heavy (non-hydrogen) atoms. The summed E-state index contributed by atoms with van der Waals surface area (Å²) >= 11 is 0. The molecule has 0 unspecified atom stereocenters. The molecule has 6 heteroatoms. The quantitative estimate of drug-likeness (QED) is 0.643. The SMILES string of the molecule is CC(=O)c1ccc(N2CCN(C(=O)c3cc(C)nn3-c3ccccc3)CC2)cc1. The number of hydrogen-bond donors (Lipinski definition) is 0. The third-order valence-electron chi connectivity index (χ3n) is 5.26. The lowest BCUT2D eigenvalue weighted by Crippen LogP contribution is -2.49. The fourth-order valence-corrected chi connectivity index (χ4v) is 3.65. The summed E-state index contributed by atoms with van der Waals surface area (Å²) in [5.41, 5.74) is 4.09. The lowest BCUT2D eigenvalue weighted by molar-refractivity contribution is 0.0737. The smallest absolute Gasteiger partial charge is 0.272 e. The number of aryl methyl sites for hydroxylation is 1. The van der Waals surface area contributed by atoms with Crippen molar-refractivity contribution in [3.63, 3.8) is 0 Å². The maximum Gasteiger partial charge on any atom is 0.272 e. The molecule has 1 fully saturated rings.